The van der Waals surface area contributed by atoms with E-state index in [9.17, 15) is 43.9 Å². The van der Waals surface area contributed by atoms with Crippen LogP contribution in [0, 0.1) is 0 Å². The third kappa shape index (κ3) is 28.0. The summed E-state index contributed by atoms with van der Waals surface area (Å²) in [5.41, 5.74) is 35.6. The van der Waals surface area contributed by atoms with Gasteiger partial charge >= 0.3 is 18.2 Å². The molecule has 0 aliphatic rings. The minimum Gasteiger partial charge on any atom is -0.492 e. The Morgan fingerprint density at radius 2 is 0.950 bits per heavy atom. The van der Waals surface area contributed by atoms with Gasteiger partial charge in [0.05, 0.1) is 49.3 Å². The molecule has 26 heteroatoms. The Labute approximate surface area is 470 Å². The summed E-state index contributed by atoms with van der Waals surface area (Å²) in [5.74, 6) is -3.24. The molecule has 5 amide bonds. The molecule has 0 aliphatic carbocycles. The van der Waals surface area contributed by atoms with Crippen molar-refractivity contribution >= 4 is 60.9 Å². The van der Waals surface area contributed by atoms with E-state index >= 15 is 0 Å². The van der Waals surface area contributed by atoms with Gasteiger partial charge in [-0.1, -0.05) is 95.2 Å². The van der Waals surface area contributed by atoms with E-state index in [0.717, 1.165) is 11.1 Å². The summed E-state index contributed by atoms with van der Waals surface area (Å²) in [7, 11) is 0. The summed E-state index contributed by atoms with van der Waals surface area (Å²) in [6, 6.07) is 27.1. The SMILES string of the molecule is CC(=O)c1ccccc1OC[C@@H](N=[N+]=[N-])[C@H](Cc1ccccc1)NC(=O)[C@H](CC(N)=O)NC(=O)OC(C)(C)C.CC(=O)c1ccccc1OC[C@H](N=[N+]=[N-])[C@@H](N)Cc1ccccc1.CC(C)(C)OC(=O)N[C@@H](CC(N)=O)C(=O)O.S. The normalized spacial score (nSPS) is 12.8. The van der Waals surface area contributed by atoms with Crippen LogP contribution in [0.25, 0.3) is 20.9 Å². The number of carbonyl (C=O) groups is 8. The average Bonchev–Trinajstić information content (AvgIpc) is 3.35. The number of carboxylic acids is 1. The Balaban J connectivity index is 0.000000663. The first kappa shape index (κ1) is 69.2. The maximum atomic E-state index is 13.3. The maximum Gasteiger partial charge on any atom is 0.408 e. The molecule has 0 aromatic heterocycles. The summed E-state index contributed by atoms with van der Waals surface area (Å²) >= 11 is 0. The predicted octanol–water partition coefficient (Wildman–Crippen LogP) is 6.91. The molecule has 0 saturated heterocycles. The van der Waals surface area contributed by atoms with Crippen LogP contribution in [0.4, 0.5) is 9.59 Å². The van der Waals surface area contributed by atoms with E-state index in [1.807, 2.05) is 66.0 Å². The van der Waals surface area contributed by atoms with Crippen LogP contribution in [0.5, 0.6) is 11.5 Å². The lowest BCUT2D eigenvalue weighted by molar-refractivity contribution is -0.141. The van der Waals surface area contributed by atoms with E-state index in [4.69, 9.17) is 46.8 Å². The zero-order valence-corrected chi connectivity index (χ0v) is 46.9. The van der Waals surface area contributed by atoms with Gasteiger partial charge in [0.25, 0.3) is 0 Å². The summed E-state index contributed by atoms with van der Waals surface area (Å²) in [6.07, 6.45) is -1.97. The highest BCUT2D eigenvalue weighted by atomic mass is 32.1. The zero-order valence-electron chi connectivity index (χ0n) is 45.9. The highest BCUT2D eigenvalue weighted by Crippen LogP contribution is 2.22. The van der Waals surface area contributed by atoms with E-state index in [-0.39, 0.29) is 50.7 Å². The van der Waals surface area contributed by atoms with Crippen LogP contribution in [-0.2, 0) is 41.5 Å². The number of azide groups is 2. The molecular weight excluding hydrogens is 1060 g/mol. The maximum absolute atomic E-state index is 13.3. The number of amides is 5. The van der Waals surface area contributed by atoms with Crippen LogP contribution < -0.4 is 42.6 Å². The van der Waals surface area contributed by atoms with Crippen LogP contribution in [0.3, 0.4) is 0 Å². The first-order chi connectivity index (χ1) is 37.1. The number of ether oxygens (including phenoxy) is 4. The fourth-order valence-corrected chi connectivity index (χ4v) is 6.89. The summed E-state index contributed by atoms with van der Waals surface area (Å²) in [5, 5.41) is 23.5. The van der Waals surface area contributed by atoms with Gasteiger partial charge in [0.1, 0.15) is 34.8 Å². The van der Waals surface area contributed by atoms with E-state index in [1.165, 1.54) is 13.8 Å². The molecule has 0 aliphatic heterocycles. The fraction of sp³-hybridized carbons (Fsp3) is 0.407. The van der Waals surface area contributed by atoms with Crippen LogP contribution in [0.1, 0.15) is 100 Å². The summed E-state index contributed by atoms with van der Waals surface area (Å²) < 4.78 is 21.6. The lowest BCUT2D eigenvalue weighted by Crippen LogP contribution is -2.55. The van der Waals surface area contributed by atoms with E-state index in [2.05, 4.69) is 30.7 Å². The molecule has 432 valence electrons. The Hall–Kier alpha value is -8.83. The number of benzene rings is 4. The van der Waals surface area contributed by atoms with Crippen LogP contribution >= 0.6 is 13.5 Å². The van der Waals surface area contributed by atoms with Crippen molar-refractivity contribution in [3.05, 3.63) is 152 Å². The molecule has 0 bridgehead atoms. The molecule has 0 saturated carbocycles. The number of para-hydroxylation sites is 2. The van der Waals surface area contributed by atoms with E-state index in [0.29, 0.717) is 29.0 Å². The molecule has 4 aromatic rings. The number of hydrogen-bond acceptors (Lipinski definition) is 15. The number of aliphatic carboxylic acids is 1. The lowest BCUT2D eigenvalue weighted by Gasteiger charge is -2.28. The van der Waals surface area contributed by atoms with Crippen molar-refractivity contribution in [1.82, 2.24) is 16.0 Å². The second-order valence-electron chi connectivity index (χ2n) is 19.5. The zero-order chi connectivity index (χ0) is 59.3. The van der Waals surface area contributed by atoms with Gasteiger partial charge in [-0.05, 0) is 115 Å². The number of carboxylic acid groups (broad SMARTS) is 1. The van der Waals surface area contributed by atoms with Crippen molar-refractivity contribution in [2.75, 3.05) is 13.2 Å². The molecule has 6 atom stereocenters. The fourth-order valence-electron chi connectivity index (χ4n) is 6.89. The number of carbonyl (C=O) groups excluding carboxylic acids is 7. The molecule has 4 rings (SSSR count). The van der Waals surface area contributed by atoms with E-state index in [1.54, 1.807) is 90.1 Å². The Kier molecular flexibility index (Phi) is 30.1. The van der Waals surface area contributed by atoms with Crippen molar-refractivity contribution in [2.24, 2.45) is 27.4 Å². The molecule has 0 heterocycles. The van der Waals surface area contributed by atoms with Crippen LogP contribution in [-0.4, -0.2) is 113 Å². The van der Waals surface area contributed by atoms with Gasteiger partial charge in [-0.2, -0.15) is 13.5 Å². The Morgan fingerprint density at radius 3 is 1.35 bits per heavy atom. The number of rotatable bonds is 25. The molecule has 0 radical (unpaired) electrons. The number of nitrogens with two attached hydrogens (primary N) is 3. The van der Waals surface area contributed by atoms with Crippen LogP contribution in [0.2, 0.25) is 0 Å². The summed E-state index contributed by atoms with van der Waals surface area (Å²) in [6.45, 7) is 12.7. The van der Waals surface area contributed by atoms with Gasteiger partial charge in [0.15, 0.2) is 11.6 Å². The second-order valence-corrected chi connectivity index (χ2v) is 19.5. The monoisotopic (exact) mass is 1130 g/mol. The second kappa shape index (κ2) is 34.8. The molecular formula is C54H72N12O13S. The number of alkyl carbamates (subject to hydrolysis) is 2. The lowest BCUT2D eigenvalue weighted by atomic mass is 9.99. The number of hydrogen-bond donors (Lipinski definition) is 7. The largest absolute Gasteiger partial charge is 0.492 e. The third-order valence-electron chi connectivity index (χ3n) is 10.5. The number of nitrogens with one attached hydrogen (secondary N) is 3. The van der Waals surface area contributed by atoms with Gasteiger partial charge in [-0.25, -0.2) is 14.4 Å². The van der Waals surface area contributed by atoms with Crippen molar-refractivity contribution in [1.29, 1.82) is 0 Å². The standard InChI is InChI=1S/C27H34N6O6.C18H20N4O2.C9H16N2O5.H2S/c1-17(34)19-12-8-9-13-23(19)38-16-22(32-33-29)20(14-18-10-6-5-7-11-18)30-25(36)21(15-24(28)35)31-26(37)39-27(2,3)4;1-13(23)15-9-5-6-10-18(15)24-12-17(21-22-20)16(19)11-14-7-3-2-4-8-14;1-9(2,3)16-8(15)11-5(7(13)14)4-6(10)12;/h5-13,20-22H,14-16H2,1-4H3,(H2,28,35)(H,30,36)(H,31,37);2-10,16-17H,11-12,19H2,1H3;5H,4H2,1-3H3,(H2,10,12)(H,11,15)(H,13,14);1H2/t20-,21-,22+;16-,17-;5-;/m000./s1. The molecule has 0 spiro atoms. The minimum absolute atomic E-state index is 0. The third-order valence-corrected chi connectivity index (χ3v) is 10.5. The van der Waals surface area contributed by atoms with Crippen molar-refractivity contribution in [2.45, 2.75) is 129 Å². The molecule has 0 unspecified atom stereocenters. The van der Waals surface area contributed by atoms with Gasteiger partial charge in [-0.15, -0.1) is 0 Å². The first-order valence-electron chi connectivity index (χ1n) is 24.6. The predicted molar refractivity (Wildman–Crippen MR) is 302 cm³/mol. The minimum atomic E-state index is -1.37. The highest BCUT2D eigenvalue weighted by Gasteiger charge is 2.31. The highest BCUT2D eigenvalue weighted by molar-refractivity contribution is 7.59. The molecule has 4 aromatic carbocycles. The Bertz CT molecular complexity index is 2780. The average molecular weight is 1130 g/mol. The molecule has 0 fully saturated rings. The van der Waals surface area contributed by atoms with Crippen molar-refractivity contribution in [3.63, 3.8) is 0 Å². The van der Waals surface area contributed by atoms with Gasteiger partial charge in [0.2, 0.25) is 17.7 Å². The number of nitrogens with zero attached hydrogens (tertiary/aromatic N) is 6. The molecule has 25 nitrogen and oxygen atoms in total. The Morgan fingerprint density at radius 1 is 0.575 bits per heavy atom. The quantitative estimate of drug-likeness (QED) is 0.0153. The number of ketones is 2. The van der Waals surface area contributed by atoms with Gasteiger partial charge in [-0.3, -0.25) is 24.0 Å². The number of Topliss-reactive ketones (excluding diaryl/α,β-unsaturated/α-hetero) is 2. The molecule has 10 N–H and O–H groups in total. The topological polar surface area (TPSA) is 405 Å². The van der Waals surface area contributed by atoms with Crippen molar-refractivity contribution < 1.29 is 62.4 Å². The summed E-state index contributed by atoms with van der Waals surface area (Å²) in [4.78, 5) is 99.1. The number of primary amides is 2. The van der Waals surface area contributed by atoms with Gasteiger partial charge in [0, 0.05) is 21.9 Å². The van der Waals surface area contributed by atoms with E-state index < -0.39 is 90.1 Å². The van der Waals surface area contributed by atoms with Crippen molar-refractivity contribution in [3.8, 4) is 11.5 Å². The first-order valence-corrected chi connectivity index (χ1v) is 24.6. The molecule has 80 heavy (non-hydrogen) atoms. The smallest absolute Gasteiger partial charge is 0.408 e. The van der Waals surface area contributed by atoms with Crippen LogP contribution in [0.15, 0.2) is 119 Å². The van der Waals surface area contributed by atoms with Gasteiger partial charge < -0.3 is 57.2 Å².